The number of amides is 2. The van der Waals surface area contributed by atoms with E-state index < -0.39 is 0 Å². The first-order valence-corrected chi connectivity index (χ1v) is 9.40. The van der Waals surface area contributed by atoms with E-state index in [9.17, 15) is 9.59 Å². The standard InChI is InChI=1S/C24H24N2O3/c1-18-12-14-20(15-13-18)25-23(27)16-26(2)24(28)22-11-7-6-8-19(22)17-29-21-9-4-3-5-10-21/h3-15H,16-17H2,1-2H3,(H,25,27). The summed E-state index contributed by atoms with van der Waals surface area (Å²) < 4.78 is 5.78. The molecule has 0 unspecified atom stereocenters. The van der Waals surface area contributed by atoms with Crippen molar-refractivity contribution in [3.8, 4) is 5.75 Å². The maximum absolute atomic E-state index is 12.9. The summed E-state index contributed by atoms with van der Waals surface area (Å²) in [7, 11) is 1.62. The number of carbonyl (C=O) groups excluding carboxylic acids is 2. The Morgan fingerprint density at radius 1 is 0.897 bits per heavy atom. The molecule has 2 amide bonds. The predicted octanol–water partition coefficient (Wildman–Crippen LogP) is 4.28. The van der Waals surface area contributed by atoms with Gasteiger partial charge in [0, 0.05) is 23.9 Å². The number of anilines is 1. The molecule has 0 bridgehead atoms. The Kier molecular flexibility index (Phi) is 6.63. The average Bonchev–Trinajstić information content (AvgIpc) is 2.74. The lowest BCUT2D eigenvalue weighted by atomic mass is 10.1. The predicted molar refractivity (Wildman–Crippen MR) is 114 cm³/mol. The van der Waals surface area contributed by atoms with Crippen LogP contribution in [0.4, 0.5) is 5.69 Å². The largest absolute Gasteiger partial charge is 0.489 e. The van der Waals surface area contributed by atoms with Crippen LogP contribution in [0, 0.1) is 6.92 Å². The molecule has 0 saturated heterocycles. The monoisotopic (exact) mass is 388 g/mol. The molecule has 0 fully saturated rings. The highest BCUT2D eigenvalue weighted by atomic mass is 16.5. The van der Waals surface area contributed by atoms with Crippen molar-refractivity contribution in [1.29, 1.82) is 0 Å². The minimum atomic E-state index is -0.247. The van der Waals surface area contributed by atoms with Crippen molar-refractivity contribution < 1.29 is 14.3 Å². The molecule has 0 aliphatic carbocycles. The van der Waals surface area contributed by atoms with E-state index in [-0.39, 0.29) is 25.0 Å². The topological polar surface area (TPSA) is 58.6 Å². The zero-order chi connectivity index (χ0) is 20.6. The Morgan fingerprint density at radius 3 is 2.28 bits per heavy atom. The first-order chi connectivity index (χ1) is 14.0. The van der Waals surface area contributed by atoms with E-state index in [1.54, 1.807) is 19.2 Å². The van der Waals surface area contributed by atoms with Crippen LogP contribution >= 0.6 is 0 Å². The maximum atomic E-state index is 12.9. The quantitative estimate of drug-likeness (QED) is 0.657. The van der Waals surface area contributed by atoms with Crippen LogP contribution in [-0.2, 0) is 11.4 Å². The molecule has 0 radical (unpaired) electrons. The van der Waals surface area contributed by atoms with Gasteiger partial charge in [-0.3, -0.25) is 9.59 Å². The van der Waals surface area contributed by atoms with Gasteiger partial charge in [-0.05, 0) is 37.3 Å². The van der Waals surface area contributed by atoms with Crippen LogP contribution in [0.25, 0.3) is 0 Å². The number of ether oxygens (including phenoxy) is 1. The maximum Gasteiger partial charge on any atom is 0.254 e. The number of para-hydroxylation sites is 1. The Labute approximate surface area is 170 Å². The van der Waals surface area contributed by atoms with E-state index in [1.807, 2.05) is 73.7 Å². The van der Waals surface area contributed by atoms with Crippen molar-refractivity contribution in [2.24, 2.45) is 0 Å². The van der Waals surface area contributed by atoms with E-state index in [1.165, 1.54) is 4.90 Å². The number of nitrogens with zero attached hydrogens (tertiary/aromatic N) is 1. The molecule has 3 aromatic rings. The smallest absolute Gasteiger partial charge is 0.254 e. The second-order valence-corrected chi connectivity index (χ2v) is 6.83. The summed E-state index contributed by atoms with van der Waals surface area (Å²) in [5, 5.41) is 2.81. The zero-order valence-electron chi connectivity index (χ0n) is 16.6. The number of hydrogen-bond donors (Lipinski definition) is 1. The van der Waals surface area contributed by atoms with Gasteiger partial charge in [0.05, 0.1) is 6.54 Å². The number of rotatable bonds is 7. The molecule has 0 aliphatic rings. The molecule has 3 rings (SSSR count). The molecule has 1 N–H and O–H groups in total. The molecular weight excluding hydrogens is 364 g/mol. The Bertz CT molecular complexity index is 969. The van der Waals surface area contributed by atoms with Crippen molar-refractivity contribution in [2.45, 2.75) is 13.5 Å². The number of aryl methyl sites for hydroxylation is 1. The van der Waals surface area contributed by atoms with Gasteiger partial charge in [0.1, 0.15) is 12.4 Å². The number of likely N-dealkylation sites (N-methyl/N-ethyl adjacent to an activating group) is 1. The summed E-state index contributed by atoms with van der Waals surface area (Å²) in [6.07, 6.45) is 0. The molecule has 29 heavy (non-hydrogen) atoms. The molecular formula is C24H24N2O3. The van der Waals surface area contributed by atoms with Crippen LogP contribution in [0.15, 0.2) is 78.9 Å². The molecule has 0 atom stereocenters. The normalized spacial score (nSPS) is 10.3. The van der Waals surface area contributed by atoms with Crippen LogP contribution in [0.2, 0.25) is 0 Å². The fourth-order valence-electron chi connectivity index (χ4n) is 2.86. The van der Waals surface area contributed by atoms with E-state index in [0.717, 1.165) is 16.9 Å². The molecule has 0 aliphatic heterocycles. The van der Waals surface area contributed by atoms with E-state index >= 15 is 0 Å². The van der Waals surface area contributed by atoms with Gasteiger partial charge in [0.2, 0.25) is 5.91 Å². The van der Waals surface area contributed by atoms with Gasteiger partial charge in [-0.2, -0.15) is 0 Å². The van der Waals surface area contributed by atoms with Gasteiger partial charge in [-0.15, -0.1) is 0 Å². The zero-order valence-corrected chi connectivity index (χ0v) is 16.6. The van der Waals surface area contributed by atoms with Crippen molar-refractivity contribution in [1.82, 2.24) is 4.90 Å². The molecule has 0 aromatic heterocycles. The van der Waals surface area contributed by atoms with Gasteiger partial charge in [0.25, 0.3) is 5.91 Å². The lowest BCUT2D eigenvalue weighted by Crippen LogP contribution is -2.35. The van der Waals surface area contributed by atoms with E-state index in [0.29, 0.717) is 11.3 Å². The molecule has 0 spiro atoms. The van der Waals surface area contributed by atoms with Crippen LogP contribution in [-0.4, -0.2) is 30.3 Å². The summed E-state index contributed by atoms with van der Waals surface area (Å²) in [6, 6.07) is 24.2. The van der Waals surface area contributed by atoms with Crippen molar-refractivity contribution in [3.05, 3.63) is 95.6 Å². The molecule has 5 nitrogen and oxygen atoms in total. The summed E-state index contributed by atoms with van der Waals surface area (Å²) in [5.74, 6) is 0.264. The summed E-state index contributed by atoms with van der Waals surface area (Å²) in [6.45, 7) is 2.22. The van der Waals surface area contributed by atoms with Gasteiger partial charge in [-0.1, -0.05) is 54.1 Å². The summed E-state index contributed by atoms with van der Waals surface area (Å²) >= 11 is 0. The Hall–Kier alpha value is -3.60. The highest BCUT2D eigenvalue weighted by molar-refractivity contribution is 6.00. The SMILES string of the molecule is Cc1ccc(NC(=O)CN(C)C(=O)c2ccccc2COc2ccccc2)cc1. The summed E-state index contributed by atoms with van der Waals surface area (Å²) in [5.41, 5.74) is 3.11. The third kappa shape index (κ3) is 5.69. The van der Waals surface area contributed by atoms with Crippen molar-refractivity contribution in [2.75, 3.05) is 18.9 Å². The van der Waals surface area contributed by atoms with E-state index in [2.05, 4.69) is 5.32 Å². The number of nitrogens with one attached hydrogen (secondary N) is 1. The van der Waals surface area contributed by atoms with Gasteiger partial charge in [0.15, 0.2) is 0 Å². The molecule has 5 heteroatoms. The second kappa shape index (κ2) is 9.55. The summed E-state index contributed by atoms with van der Waals surface area (Å²) in [4.78, 5) is 26.6. The lowest BCUT2D eigenvalue weighted by Gasteiger charge is -2.19. The lowest BCUT2D eigenvalue weighted by molar-refractivity contribution is -0.116. The Balaban J connectivity index is 1.63. The van der Waals surface area contributed by atoms with Crippen LogP contribution in [0.3, 0.4) is 0 Å². The van der Waals surface area contributed by atoms with Crippen LogP contribution < -0.4 is 10.1 Å². The van der Waals surface area contributed by atoms with Gasteiger partial charge in [-0.25, -0.2) is 0 Å². The highest BCUT2D eigenvalue weighted by Gasteiger charge is 2.18. The molecule has 148 valence electrons. The fourth-order valence-corrected chi connectivity index (χ4v) is 2.86. The van der Waals surface area contributed by atoms with Crippen molar-refractivity contribution in [3.63, 3.8) is 0 Å². The molecule has 0 heterocycles. The molecule has 0 saturated carbocycles. The van der Waals surface area contributed by atoms with Crippen LogP contribution in [0.1, 0.15) is 21.5 Å². The third-order valence-electron chi connectivity index (χ3n) is 4.45. The number of hydrogen-bond acceptors (Lipinski definition) is 3. The fraction of sp³-hybridized carbons (Fsp3) is 0.167. The molecule has 3 aromatic carbocycles. The highest BCUT2D eigenvalue weighted by Crippen LogP contribution is 2.16. The number of benzene rings is 3. The number of carbonyl (C=O) groups is 2. The van der Waals surface area contributed by atoms with E-state index in [4.69, 9.17) is 4.74 Å². The average molecular weight is 388 g/mol. The van der Waals surface area contributed by atoms with Crippen molar-refractivity contribution >= 4 is 17.5 Å². The minimum Gasteiger partial charge on any atom is -0.489 e. The minimum absolute atomic E-state index is 0.0411. The van der Waals surface area contributed by atoms with Gasteiger partial charge >= 0.3 is 0 Å². The second-order valence-electron chi connectivity index (χ2n) is 6.83. The first-order valence-electron chi connectivity index (χ1n) is 9.40. The third-order valence-corrected chi connectivity index (χ3v) is 4.45. The van der Waals surface area contributed by atoms with Crippen LogP contribution in [0.5, 0.6) is 5.75 Å². The Morgan fingerprint density at radius 2 is 1.55 bits per heavy atom. The first kappa shape index (κ1) is 20.1. The van der Waals surface area contributed by atoms with Gasteiger partial charge < -0.3 is 15.0 Å².